The summed E-state index contributed by atoms with van der Waals surface area (Å²) in [6.07, 6.45) is -0.644. The van der Waals surface area contributed by atoms with E-state index in [-0.39, 0.29) is 13.0 Å². The van der Waals surface area contributed by atoms with Crippen LogP contribution in [0.5, 0.6) is 5.75 Å². The van der Waals surface area contributed by atoms with E-state index in [9.17, 15) is 14.7 Å². The van der Waals surface area contributed by atoms with Crippen LogP contribution in [-0.2, 0) is 22.6 Å². The molecule has 0 saturated carbocycles. The summed E-state index contributed by atoms with van der Waals surface area (Å²) in [5, 5.41) is 13.8. The minimum Gasteiger partial charge on any atom is -0.497 e. The Morgan fingerprint density at radius 1 is 1.04 bits per heavy atom. The number of benzene rings is 3. The van der Waals surface area contributed by atoms with E-state index >= 15 is 0 Å². The second-order valence-electron chi connectivity index (χ2n) is 6.31. The minimum absolute atomic E-state index is 0.0739. The number of fused-ring (bicyclic) bond motifs is 1. The molecule has 0 radical (unpaired) electrons. The lowest BCUT2D eigenvalue weighted by Crippen LogP contribution is -2.42. The third-order valence-corrected chi connectivity index (χ3v) is 4.41. The summed E-state index contributed by atoms with van der Waals surface area (Å²) in [6.45, 7) is 0.0739. The number of aliphatic carboxylic acids is 1. The highest BCUT2D eigenvalue weighted by molar-refractivity contribution is 5.88. The first kappa shape index (κ1) is 19.2. The molecule has 144 valence electrons. The maximum atomic E-state index is 12.1. The number of carbonyl (C=O) groups is 2. The molecule has 3 aromatic rings. The van der Waals surface area contributed by atoms with Crippen LogP contribution in [0.2, 0.25) is 0 Å². The molecule has 0 spiro atoms. The molecule has 3 rings (SSSR count). The lowest BCUT2D eigenvalue weighted by molar-refractivity contribution is -0.139. The van der Waals surface area contributed by atoms with Crippen LogP contribution in [-0.4, -0.2) is 30.3 Å². The Hall–Kier alpha value is -3.54. The Balaban J connectivity index is 1.72. The Bertz CT molecular complexity index is 971. The zero-order chi connectivity index (χ0) is 19.9. The Kier molecular flexibility index (Phi) is 6.11. The zero-order valence-corrected chi connectivity index (χ0v) is 15.4. The second kappa shape index (κ2) is 8.90. The first-order valence-corrected chi connectivity index (χ1v) is 8.82. The van der Waals surface area contributed by atoms with E-state index in [4.69, 9.17) is 9.47 Å². The number of ether oxygens (including phenoxy) is 2. The highest BCUT2D eigenvalue weighted by atomic mass is 16.5. The van der Waals surface area contributed by atoms with Crippen molar-refractivity contribution < 1.29 is 24.2 Å². The standard InChI is InChI=1S/C22H21NO5/c1-27-18-11-10-16-8-5-9-17(19(16)13-18)12-20(21(24)25)23-22(26)28-14-15-6-3-2-4-7-15/h2-11,13,20H,12,14H2,1H3,(H,23,26)(H,24,25)/t20-/m0/s1. The van der Waals surface area contributed by atoms with Gasteiger partial charge in [-0.25, -0.2) is 9.59 Å². The Morgan fingerprint density at radius 2 is 1.82 bits per heavy atom. The Labute approximate surface area is 162 Å². The van der Waals surface area contributed by atoms with E-state index in [0.29, 0.717) is 5.75 Å². The van der Waals surface area contributed by atoms with Crippen molar-refractivity contribution in [2.24, 2.45) is 0 Å². The number of alkyl carbamates (subject to hydrolysis) is 1. The zero-order valence-electron chi connectivity index (χ0n) is 15.4. The van der Waals surface area contributed by atoms with Crippen molar-refractivity contribution in [2.45, 2.75) is 19.1 Å². The van der Waals surface area contributed by atoms with Gasteiger partial charge in [-0.1, -0.05) is 54.6 Å². The van der Waals surface area contributed by atoms with E-state index < -0.39 is 18.1 Å². The smallest absolute Gasteiger partial charge is 0.408 e. The molecule has 3 aromatic carbocycles. The van der Waals surface area contributed by atoms with E-state index in [2.05, 4.69) is 5.32 Å². The molecule has 2 N–H and O–H groups in total. The third kappa shape index (κ3) is 4.79. The van der Waals surface area contributed by atoms with Crippen molar-refractivity contribution in [3.05, 3.63) is 77.9 Å². The van der Waals surface area contributed by atoms with Crippen LogP contribution in [0.25, 0.3) is 10.8 Å². The molecule has 28 heavy (non-hydrogen) atoms. The monoisotopic (exact) mass is 379 g/mol. The van der Waals surface area contributed by atoms with Gasteiger partial charge in [-0.15, -0.1) is 0 Å². The van der Waals surface area contributed by atoms with Gasteiger partial charge in [-0.05, 0) is 34.0 Å². The molecule has 0 aliphatic carbocycles. The number of hydrogen-bond acceptors (Lipinski definition) is 4. The fraction of sp³-hybridized carbons (Fsp3) is 0.182. The van der Waals surface area contributed by atoms with Gasteiger partial charge >= 0.3 is 12.1 Å². The van der Waals surface area contributed by atoms with Crippen LogP contribution in [0, 0.1) is 0 Å². The van der Waals surface area contributed by atoms with Crippen LogP contribution >= 0.6 is 0 Å². The average Bonchev–Trinajstić information content (AvgIpc) is 2.72. The highest BCUT2D eigenvalue weighted by Crippen LogP contribution is 2.25. The van der Waals surface area contributed by atoms with Crippen molar-refractivity contribution in [2.75, 3.05) is 7.11 Å². The molecule has 0 saturated heterocycles. The van der Waals surface area contributed by atoms with E-state index in [1.54, 1.807) is 7.11 Å². The lowest BCUT2D eigenvalue weighted by Gasteiger charge is -2.16. The van der Waals surface area contributed by atoms with Gasteiger partial charge in [0.15, 0.2) is 0 Å². The van der Waals surface area contributed by atoms with Gasteiger partial charge in [0.25, 0.3) is 0 Å². The summed E-state index contributed by atoms with van der Waals surface area (Å²) in [4.78, 5) is 23.7. The van der Waals surface area contributed by atoms with E-state index in [1.165, 1.54) is 0 Å². The van der Waals surface area contributed by atoms with Crippen LogP contribution in [0.1, 0.15) is 11.1 Å². The summed E-state index contributed by atoms with van der Waals surface area (Å²) in [7, 11) is 1.58. The number of methoxy groups -OCH3 is 1. The fourth-order valence-corrected chi connectivity index (χ4v) is 2.95. The molecule has 6 nitrogen and oxygen atoms in total. The van der Waals surface area contributed by atoms with Gasteiger partial charge in [0.1, 0.15) is 18.4 Å². The third-order valence-electron chi connectivity index (χ3n) is 4.41. The molecule has 0 aliphatic heterocycles. The van der Waals surface area contributed by atoms with Crippen molar-refractivity contribution in [3.8, 4) is 5.75 Å². The van der Waals surface area contributed by atoms with Gasteiger partial charge in [0.05, 0.1) is 7.11 Å². The van der Waals surface area contributed by atoms with Crippen molar-refractivity contribution in [3.63, 3.8) is 0 Å². The topological polar surface area (TPSA) is 84.9 Å². The number of amides is 1. The molecule has 1 amide bonds. The average molecular weight is 379 g/mol. The normalized spacial score (nSPS) is 11.6. The first-order valence-electron chi connectivity index (χ1n) is 8.82. The SMILES string of the molecule is COc1ccc2cccc(C[C@H](NC(=O)OCc3ccccc3)C(=O)O)c2c1. The van der Waals surface area contributed by atoms with Gasteiger partial charge in [-0.3, -0.25) is 0 Å². The van der Waals surface area contributed by atoms with Gasteiger partial charge < -0.3 is 19.9 Å². The van der Waals surface area contributed by atoms with Crippen molar-refractivity contribution in [1.82, 2.24) is 5.32 Å². The first-order chi connectivity index (χ1) is 13.6. The molecule has 6 heteroatoms. The van der Waals surface area contributed by atoms with Crippen LogP contribution in [0.15, 0.2) is 66.7 Å². The molecule has 0 aliphatic rings. The summed E-state index contributed by atoms with van der Waals surface area (Å²) in [5.74, 6) is -0.446. The lowest BCUT2D eigenvalue weighted by atomic mass is 9.98. The van der Waals surface area contributed by atoms with E-state index in [0.717, 1.165) is 21.9 Å². The second-order valence-corrected chi connectivity index (χ2v) is 6.31. The maximum absolute atomic E-state index is 12.1. The predicted octanol–water partition coefficient (Wildman–Crippen LogP) is 3.77. The van der Waals surface area contributed by atoms with Gasteiger partial charge in [0.2, 0.25) is 0 Å². The highest BCUT2D eigenvalue weighted by Gasteiger charge is 2.22. The van der Waals surface area contributed by atoms with Crippen LogP contribution in [0.3, 0.4) is 0 Å². The Morgan fingerprint density at radius 3 is 2.54 bits per heavy atom. The van der Waals surface area contributed by atoms with Crippen LogP contribution in [0.4, 0.5) is 4.79 Å². The summed E-state index contributed by atoms with van der Waals surface area (Å²) in [6, 6.07) is 19.3. The van der Waals surface area contributed by atoms with Crippen molar-refractivity contribution >= 4 is 22.8 Å². The maximum Gasteiger partial charge on any atom is 0.408 e. The number of carbonyl (C=O) groups excluding carboxylic acids is 1. The molecule has 0 bridgehead atoms. The number of nitrogens with one attached hydrogen (secondary N) is 1. The number of carboxylic acid groups (broad SMARTS) is 1. The number of rotatable bonds is 7. The minimum atomic E-state index is -1.13. The summed E-state index contributed by atoms with van der Waals surface area (Å²) < 4.78 is 10.4. The van der Waals surface area contributed by atoms with Crippen LogP contribution < -0.4 is 10.1 Å². The molecular weight excluding hydrogens is 358 g/mol. The molecule has 1 atom stereocenters. The summed E-state index contributed by atoms with van der Waals surface area (Å²) >= 11 is 0. The van der Waals surface area contributed by atoms with Gasteiger partial charge in [0, 0.05) is 6.42 Å². The fourth-order valence-electron chi connectivity index (χ4n) is 2.95. The quantitative estimate of drug-likeness (QED) is 0.653. The largest absolute Gasteiger partial charge is 0.497 e. The number of carboxylic acids is 1. The molecule has 0 fully saturated rings. The van der Waals surface area contributed by atoms with E-state index in [1.807, 2.05) is 66.7 Å². The molecule has 0 aromatic heterocycles. The van der Waals surface area contributed by atoms with Crippen molar-refractivity contribution in [1.29, 1.82) is 0 Å². The number of hydrogen-bond donors (Lipinski definition) is 2. The molecule has 0 unspecified atom stereocenters. The predicted molar refractivity (Wildman–Crippen MR) is 105 cm³/mol. The molecular formula is C22H21NO5. The van der Waals surface area contributed by atoms with Gasteiger partial charge in [-0.2, -0.15) is 0 Å². The molecule has 0 heterocycles. The summed E-state index contributed by atoms with van der Waals surface area (Å²) in [5.41, 5.74) is 1.62.